The van der Waals surface area contributed by atoms with E-state index >= 15 is 0 Å². The zero-order valence-electron chi connectivity index (χ0n) is 9.94. The molecule has 104 valence electrons. The monoisotopic (exact) mass is 273 g/mol. The number of carboxylic acids is 1. The largest absolute Gasteiger partial charge is 0.481 e. The highest BCUT2D eigenvalue weighted by molar-refractivity contribution is 5.93. The molecule has 0 saturated heterocycles. The molecule has 0 aromatic heterocycles. The van der Waals surface area contributed by atoms with Gasteiger partial charge in [0.2, 0.25) is 5.91 Å². The molecule has 0 saturated carbocycles. The molecule has 0 spiro atoms. The van der Waals surface area contributed by atoms with E-state index < -0.39 is 24.9 Å². The average Bonchev–Trinajstić information content (AvgIpc) is 2.29. The number of benzene rings is 1. The molecule has 1 rings (SSSR count). The van der Waals surface area contributed by atoms with Gasteiger partial charge in [0.05, 0.1) is 0 Å². The number of hydrogen-bond acceptors (Lipinski definition) is 3. The highest BCUT2D eigenvalue weighted by Gasteiger charge is 2.07. The van der Waals surface area contributed by atoms with Crippen LogP contribution in [0.15, 0.2) is 24.3 Å². The molecule has 0 atom stereocenters. The van der Waals surface area contributed by atoms with Gasteiger partial charge in [-0.25, -0.2) is 0 Å². The normalized spacial score (nSPS) is 10.3. The summed E-state index contributed by atoms with van der Waals surface area (Å²) in [5.41, 5.74) is 0.817. The van der Waals surface area contributed by atoms with Crippen LogP contribution in [-0.2, 0) is 16.0 Å². The van der Waals surface area contributed by atoms with E-state index in [2.05, 4.69) is 10.1 Å². The number of hydrogen-bond donors (Lipinski definition) is 2. The van der Waals surface area contributed by atoms with Crippen LogP contribution >= 0.6 is 0 Å². The Kier molecular flexibility index (Phi) is 5.72. The van der Waals surface area contributed by atoms with Crippen LogP contribution in [0.3, 0.4) is 0 Å². The predicted molar refractivity (Wildman–Crippen MR) is 62.0 cm³/mol. The van der Waals surface area contributed by atoms with Crippen molar-refractivity contribution in [3.63, 3.8) is 0 Å². The second-order valence-electron chi connectivity index (χ2n) is 3.69. The molecule has 1 amide bonds. The molecule has 0 radical (unpaired) electrons. The Bertz CT molecular complexity index is 434. The van der Waals surface area contributed by atoms with Gasteiger partial charge in [0.25, 0.3) is 0 Å². The molecule has 7 heteroatoms. The van der Waals surface area contributed by atoms with Gasteiger partial charge in [-0.3, -0.25) is 9.59 Å². The van der Waals surface area contributed by atoms with Gasteiger partial charge in [0.1, 0.15) is 12.2 Å². The van der Waals surface area contributed by atoms with E-state index in [1.165, 1.54) is 12.1 Å². The molecule has 0 heterocycles. The molecular formula is C12H13F2NO4. The number of nitrogens with one attached hydrogen (secondary N) is 1. The number of aliphatic carboxylic acids is 1. The van der Waals surface area contributed by atoms with Crippen LogP contribution in [0, 0.1) is 0 Å². The maximum Gasteiger partial charge on any atom is 0.387 e. The molecule has 19 heavy (non-hydrogen) atoms. The van der Waals surface area contributed by atoms with Gasteiger partial charge in [-0.15, -0.1) is 0 Å². The van der Waals surface area contributed by atoms with Gasteiger partial charge in [0, 0.05) is 6.54 Å². The lowest BCUT2D eigenvalue weighted by atomic mass is 10.1. The van der Waals surface area contributed by atoms with Crippen LogP contribution in [0.2, 0.25) is 0 Å². The lowest BCUT2D eigenvalue weighted by molar-refractivity contribution is -0.140. The topological polar surface area (TPSA) is 75.6 Å². The fraction of sp³-hybridized carbons (Fsp3) is 0.333. The third-order valence-electron chi connectivity index (χ3n) is 2.20. The van der Waals surface area contributed by atoms with Gasteiger partial charge in [-0.2, -0.15) is 8.78 Å². The number of rotatable bonds is 7. The van der Waals surface area contributed by atoms with Crippen LogP contribution in [-0.4, -0.2) is 30.1 Å². The Morgan fingerprint density at radius 1 is 1.26 bits per heavy atom. The Morgan fingerprint density at radius 3 is 2.42 bits per heavy atom. The number of ether oxygens (including phenoxy) is 1. The van der Waals surface area contributed by atoms with Gasteiger partial charge in [-0.05, 0) is 24.1 Å². The first-order chi connectivity index (χ1) is 8.97. The molecule has 1 aromatic carbocycles. The van der Waals surface area contributed by atoms with Crippen molar-refractivity contribution in [2.24, 2.45) is 0 Å². The summed E-state index contributed by atoms with van der Waals surface area (Å²) in [6.07, 6.45) is -0.0958. The quantitative estimate of drug-likeness (QED) is 0.737. The minimum Gasteiger partial charge on any atom is -0.481 e. The Balaban J connectivity index is 2.34. The average molecular weight is 273 g/mol. The lowest BCUT2D eigenvalue weighted by Crippen LogP contribution is -2.27. The van der Waals surface area contributed by atoms with Gasteiger partial charge >= 0.3 is 12.6 Å². The maximum atomic E-state index is 11.9. The van der Waals surface area contributed by atoms with Crippen molar-refractivity contribution in [3.8, 4) is 5.75 Å². The standard InChI is InChI=1S/C12H13F2NO4/c13-12(14)19-9-3-1-8(2-4-9)5-6-15-10(16)7-11(17)18/h1-4,12H,5-7H2,(H,15,16)(H,17,18). The van der Waals surface area contributed by atoms with Crippen molar-refractivity contribution in [1.82, 2.24) is 5.32 Å². The lowest BCUT2D eigenvalue weighted by Gasteiger charge is -2.06. The fourth-order valence-corrected chi connectivity index (χ4v) is 1.38. The van der Waals surface area contributed by atoms with Gasteiger partial charge in [-0.1, -0.05) is 12.1 Å². The zero-order chi connectivity index (χ0) is 14.3. The fourth-order valence-electron chi connectivity index (χ4n) is 1.38. The predicted octanol–water partition coefficient (Wildman–Crippen LogP) is 1.42. The molecule has 0 unspecified atom stereocenters. The summed E-state index contributed by atoms with van der Waals surface area (Å²) in [5.74, 6) is -1.69. The number of carbonyl (C=O) groups excluding carboxylic acids is 1. The van der Waals surface area contributed by atoms with E-state index in [0.717, 1.165) is 5.56 Å². The SMILES string of the molecule is O=C(O)CC(=O)NCCc1ccc(OC(F)F)cc1. The minimum absolute atomic E-state index is 0.0636. The third kappa shape index (κ3) is 6.35. The zero-order valence-corrected chi connectivity index (χ0v) is 9.94. The Morgan fingerprint density at radius 2 is 1.89 bits per heavy atom. The van der Waals surface area contributed by atoms with Crippen molar-refractivity contribution in [3.05, 3.63) is 29.8 Å². The molecule has 0 fully saturated rings. The van der Waals surface area contributed by atoms with Crippen LogP contribution in [0.25, 0.3) is 0 Å². The van der Waals surface area contributed by atoms with E-state index in [9.17, 15) is 18.4 Å². The second-order valence-corrected chi connectivity index (χ2v) is 3.69. The number of halogens is 2. The van der Waals surface area contributed by atoms with Crippen molar-refractivity contribution >= 4 is 11.9 Å². The molecule has 0 bridgehead atoms. The third-order valence-corrected chi connectivity index (χ3v) is 2.20. The van der Waals surface area contributed by atoms with Crippen LogP contribution in [0.1, 0.15) is 12.0 Å². The summed E-state index contributed by atoms with van der Waals surface area (Å²) < 4.78 is 28.0. The summed E-state index contributed by atoms with van der Waals surface area (Å²) in [6.45, 7) is -2.58. The minimum atomic E-state index is -2.86. The maximum absolute atomic E-state index is 11.9. The number of carboxylic acid groups (broad SMARTS) is 1. The van der Waals surface area contributed by atoms with E-state index in [0.29, 0.717) is 6.42 Å². The van der Waals surface area contributed by atoms with E-state index in [1.54, 1.807) is 12.1 Å². The van der Waals surface area contributed by atoms with Gasteiger partial charge < -0.3 is 15.2 Å². The first-order valence-corrected chi connectivity index (χ1v) is 5.49. The Hall–Kier alpha value is -2.18. The van der Waals surface area contributed by atoms with E-state index in [1.807, 2.05) is 0 Å². The molecule has 0 aliphatic rings. The summed E-state index contributed by atoms with van der Waals surface area (Å²) in [5, 5.41) is 10.8. The van der Waals surface area contributed by atoms with Crippen molar-refractivity contribution in [1.29, 1.82) is 0 Å². The number of carbonyl (C=O) groups is 2. The number of amides is 1. The van der Waals surface area contributed by atoms with Crippen molar-refractivity contribution < 1.29 is 28.2 Å². The molecule has 1 aromatic rings. The first kappa shape index (κ1) is 14.9. The Labute approximate surface area is 108 Å². The van der Waals surface area contributed by atoms with Crippen molar-refractivity contribution in [2.45, 2.75) is 19.5 Å². The van der Waals surface area contributed by atoms with Crippen molar-refractivity contribution in [2.75, 3.05) is 6.54 Å². The first-order valence-electron chi connectivity index (χ1n) is 5.49. The van der Waals surface area contributed by atoms with E-state index in [4.69, 9.17) is 5.11 Å². The van der Waals surface area contributed by atoms with Crippen LogP contribution in [0.4, 0.5) is 8.78 Å². The van der Waals surface area contributed by atoms with E-state index in [-0.39, 0.29) is 12.3 Å². The molecule has 0 aliphatic heterocycles. The smallest absolute Gasteiger partial charge is 0.387 e. The molecular weight excluding hydrogens is 260 g/mol. The van der Waals surface area contributed by atoms with Crippen LogP contribution < -0.4 is 10.1 Å². The summed E-state index contributed by atoms with van der Waals surface area (Å²) in [4.78, 5) is 21.3. The summed E-state index contributed by atoms with van der Waals surface area (Å²) in [7, 11) is 0. The highest BCUT2D eigenvalue weighted by Crippen LogP contribution is 2.14. The highest BCUT2D eigenvalue weighted by atomic mass is 19.3. The van der Waals surface area contributed by atoms with Gasteiger partial charge in [0.15, 0.2) is 0 Å². The molecule has 2 N–H and O–H groups in total. The van der Waals surface area contributed by atoms with Crippen LogP contribution in [0.5, 0.6) is 5.75 Å². The molecule has 0 aliphatic carbocycles. The number of alkyl halides is 2. The summed E-state index contributed by atoms with van der Waals surface area (Å²) >= 11 is 0. The molecule has 5 nitrogen and oxygen atoms in total. The second kappa shape index (κ2) is 7.30. The summed E-state index contributed by atoms with van der Waals surface area (Å²) in [6, 6.07) is 6.00.